The van der Waals surface area contributed by atoms with E-state index in [1.54, 1.807) is 0 Å². The first-order valence-electron chi connectivity index (χ1n) is 4.97. The molecule has 74 valence electrons. The zero-order valence-corrected chi connectivity index (χ0v) is 11.2. The van der Waals surface area contributed by atoms with Crippen LogP contribution in [0.25, 0.3) is 0 Å². The summed E-state index contributed by atoms with van der Waals surface area (Å²) in [5, 5.41) is 2.32. The minimum Gasteiger partial charge on any atom is -0.0928 e. The number of halogens is 2. The third-order valence-electron chi connectivity index (χ3n) is 2.20. The van der Waals surface area contributed by atoms with Gasteiger partial charge in [0.1, 0.15) is 0 Å². The van der Waals surface area contributed by atoms with Gasteiger partial charge in [0.2, 0.25) is 0 Å². The van der Waals surface area contributed by atoms with Gasteiger partial charge in [-0.1, -0.05) is 64.5 Å². The summed E-state index contributed by atoms with van der Waals surface area (Å²) in [5.74, 6) is 0.890. The van der Waals surface area contributed by atoms with E-state index in [1.165, 1.54) is 43.9 Å². The Kier molecular flexibility index (Phi) is 10.8. The molecule has 1 atom stereocenters. The molecule has 0 nitrogen and oxygen atoms in total. The number of hydrogen-bond acceptors (Lipinski definition) is 0. The molecule has 0 aromatic heterocycles. The minimum atomic E-state index is 0.890. The Balaban J connectivity index is 3.19. The second-order valence-corrected chi connectivity index (χ2v) is 4.79. The fourth-order valence-corrected chi connectivity index (χ4v) is 2.61. The zero-order chi connectivity index (χ0) is 9.23. The Morgan fingerprint density at radius 1 is 1.00 bits per heavy atom. The third kappa shape index (κ3) is 7.60. The van der Waals surface area contributed by atoms with Crippen molar-refractivity contribution in [3.8, 4) is 0 Å². The normalized spacial score (nSPS) is 13.2. The Morgan fingerprint density at radius 2 is 1.75 bits per heavy atom. The fraction of sp³-hybridized carbons (Fsp3) is 1.00. The van der Waals surface area contributed by atoms with Gasteiger partial charge in [0.05, 0.1) is 0 Å². The monoisotopic (exact) mass is 298 g/mol. The lowest BCUT2D eigenvalue weighted by molar-refractivity contribution is 0.490. The summed E-state index contributed by atoms with van der Waals surface area (Å²) in [5.41, 5.74) is 0. The highest BCUT2D eigenvalue weighted by atomic mass is 79.9. The summed E-state index contributed by atoms with van der Waals surface area (Å²) in [6, 6.07) is 0. The van der Waals surface area contributed by atoms with Crippen LogP contribution in [0.1, 0.15) is 45.4 Å². The summed E-state index contributed by atoms with van der Waals surface area (Å²) in [6.07, 6.45) is 8.30. The van der Waals surface area contributed by atoms with Crippen molar-refractivity contribution in [1.82, 2.24) is 0 Å². The molecule has 0 bridgehead atoms. The van der Waals surface area contributed by atoms with Gasteiger partial charge in [-0.05, 0) is 18.8 Å². The smallest absolute Gasteiger partial charge is 0.00599 e. The van der Waals surface area contributed by atoms with E-state index in [0.717, 1.165) is 11.2 Å². The van der Waals surface area contributed by atoms with Gasteiger partial charge in [0.15, 0.2) is 0 Å². The quantitative estimate of drug-likeness (QED) is 0.448. The molecule has 0 unspecified atom stereocenters. The highest BCUT2D eigenvalue weighted by Gasteiger charge is 2.04. The molecule has 0 radical (unpaired) electrons. The van der Waals surface area contributed by atoms with Crippen molar-refractivity contribution in [3.63, 3.8) is 0 Å². The number of rotatable bonds is 8. The van der Waals surface area contributed by atoms with Crippen LogP contribution in [0, 0.1) is 5.92 Å². The van der Waals surface area contributed by atoms with Crippen LogP contribution in [-0.2, 0) is 0 Å². The molecule has 0 aliphatic rings. The van der Waals surface area contributed by atoms with E-state index in [-0.39, 0.29) is 0 Å². The lowest BCUT2D eigenvalue weighted by Gasteiger charge is -2.11. The van der Waals surface area contributed by atoms with Crippen molar-refractivity contribution in [2.45, 2.75) is 45.4 Å². The van der Waals surface area contributed by atoms with Crippen LogP contribution in [0.4, 0.5) is 0 Å². The van der Waals surface area contributed by atoms with Crippen molar-refractivity contribution in [2.24, 2.45) is 5.92 Å². The third-order valence-corrected chi connectivity index (χ3v) is 3.58. The van der Waals surface area contributed by atoms with Crippen molar-refractivity contribution in [2.75, 3.05) is 10.7 Å². The highest BCUT2D eigenvalue weighted by molar-refractivity contribution is 9.09. The second kappa shape index (κ2) is 10.0. The van der Waals surface area contributed by atoms with Crippen LogP contribution in [0.3, 0.4) is 0 Å². The first-order valence-corrected chi connectivity index (χ1v) is 7.21. The van der Waals surface area contributed by atoms with Crippen LogP contribution >= 0.6 is 31.9 Å². The summed E-state index contributed by atoms with van der Waals surface area (Å²) in [7, 11) is 0. The average Bonchev–Trinajstić information content (AvgIpc) is 2.10. The Bertz CT molecular complexity index is 83.9. The largest absolute Gasteiger partial charge is 0.0928 e. The van der Waals surface area contributed by atoms with Gasteiger partial charge in [-0.2, -0.15) is 0 Å². The van der Waals surface area contributed by atoms with Gasteiger partial charge in [0.25, 0.3) is 0 Å². The Hall–Kier alpha value is 0.960. The maximum atomic E-state index is 3.57. The Morgan fingerprint density at radius 3 is 2.25 bits per heavy atom. The van der Waals surface area contributed by atoms with Crippen molar-refractivity contribution in [3.05, 3.63) is 0 Å². The molecular weight excluding hydrogens is 280 g/mol. The van der Waals surface area contributed by atoms with Crippen molar-refractivity contribution < 1.29 is 0 Å². The molecule has 0 fully saturated rings. The van der Waals surface area contributed by atoms with E-state index < -0.39 is 0 Å². The number of alkyl halides is 2. The molecule has 0 spiro atoms. The molecule has 0 amide bonds. The first-order chi connectivity index (χ1) is 5.85. The van der Waals surface area contributed by atoms with Crippen molar-refractivity contribution >= 4 is 31.9 Å². The molecule has 12 heavy (non-hydrogen) atoms. The fourth-order valence-electron chi connectivity index (χ4n) is 1.31. The molecule has 0 aliphatic carbocycles. The molecule has 0 aromatic rings. The maximum absolute atomic E-state index is 3.57. The van der Waals surface area contributed by atoms with Crippen LogP contribution in [0.2, 0.25) is 0 Å². The Labute approximate surface area is 93.8 Å². The van der Waals surface area contributed by atoms with Gasteiger partial charge in [-0.3, -0.25) is 0 Å². The molecule has 2 heteroatoms. The van der Waals surface area contributed by atoms with Crippen LogP contribution < -0.4 is 0 Å². The van der Waals surface area contributed by atoms with Gasteiger partial charge in [0, 0.05) is 10.7 Å². The summed E-state index contributed by atoms with van der Waals surface area (Å²) in [4.78, 5) is 0. The summed E-state index contributed by atoms with van der Waals surface area (Å²) in [6.45, 7) is 2.26. The standard InChI is InChI=1S/C10H20Br2/c1-2-3-4-5-6-10(9-12)7-8-11/h10H,2-9H2,1H3/t10-/m1/s1. The van der Waals surface area contributed by atoms with E-state index >= 15 is 0 Å². The SMILES string of the molecule is CCCCCC[C@@H](CBr)CCBr. The van der Waals surface area contributed by atoms with Crippen LogP contribution in [0.5, 0.6) is 0 Å². The van der Waals surface area contributed by atoms with Gasteiger partial charge in [-0.15, -0.1) is 0 Å². The van der Waals surface area contributed by atoms with E-state index in [1.807, 2.05) is 0 Å². The highest BCUT2D eigenvalue weighted by Crippen LogP contribution is 2.17. The molecule has 0 rings (SSSR count). The molecular formula is C10H20Br2. The van der Waals surface area contributed by atoms with Gasteiger partial charge in [-0.25, -0.2) is 0 Å². The summed E-state index contributed by atoms with van der Waals surface area (Å²) >= 11 is 7.06. The zero-order valence-electron chi connectivity index (χ0n) is 7.99. The number of unbranched alkanes of at least 4 members (excludes halogenated alkanes) is 3. The molecule has 0 aromatic carbocycles. The van der Waals surface area contributed by atoms with Gasteiger partial charge < -0.3 is 0 Å². The van der Waals surface area contributed by atoms with E-state index in [2.05, 4.69) is 38.8 Å². The molecule has 0 saturated heterocycles. The van der Waals surface area contributed by atoms with E-state index in [9.17, 15) is 0 Å². The molecule has 0 heterocycles. The lowest BCUT2D eigenvalue weighted by atomic mass is 10.0. The van der Waals surface area contributed by atoms with E-state index in [0.29, 0.717) is 0 Å². The minimum absolute atomic E-state index is 0.890. The first kappa shape index (κ1) is 13.0. The second-order valence-electron chi connectivity index (χ2n) is 3.35. The van der Waals surface area contributed by atoms with Crippen molar-refractivity contribution in [1.29, 1.82) is 0 Å². The lowest BCUT2D eigenvalue weighted by Crippen LogP contribution is -2.02. The van der Waals surface area contributed by atoms with Crippen LogP contribution in [-0.4, -0.2) is 10.7 Å². The van der Waals surface area contributed by atoms with Gasteiger partial charge >= 0.3 is 0 Å². The predicted octanol–water partition coefficient (Wildman–Crippen LogP) is 4.75. The topological polar surface area (TPSA) is 0 Å². The van der Waals surface area contributed by atoms with E-state index in [4.69, 9.17) is 0 Å². The number of hydrogen-bond donors (Lipinski definition) is 0. The molecule has 0 N–H and O–H groups in total. The average molecular weight is 300 g/mol. The predicted molar refractivity (Wildman–Crippen MR) is 64.5 cm³/mol. The maximum Gasteiger partial charge on any atom is 0.00599 e. The molecule has 0 saturated carbocycles. The molecule has 0 aliphatic heterocycles. The summed E-state index contributed by atoms with van der Waals surface area (Å²) < 4.78 is 0. The van der Waals surface area contributed by atoms with Crippen LogP contribution in [0.15, 0.2) is 0 Å².